The van der Waals surface area contributed by atoms with Crippen molar-refractivity contribution in [1.82, 2.24) is 5.01 Å². The predicted octanol–water partition coefficient (Wildman–Crippen LogP) is 7.70. The van der Waals surface area contributed by atoms with Crippen LogP contribution in [0.3, 0.4) is 0 Å². The van der Waals surface area contributed by atoms with Crippen molar-refractivity contribution < 1.29 is 24.3 Å². The van der Waals surface area contributed by atoms with Crippen LogP contribution in [0.2, 0.25) is 5.02 Å². The normalized spacial score (nSPS) is 26.7. The first-order chi connectivity index (χ1) is 25.2. The number of aromatic hydroxyl groups is 1. The number of phenolic OH excluding ortho intramolecular Hbond substituents is 1. The van der Waals surface area contributed by atoms with E-state index in [1.165, 1.54) is 4.90 Å². The number of halogens is 1. The number of phenols is 1. The number of fused-ring (bicyclic) bond motifs is 5. The molecule has 6 atom stereocenters. The molecule has 9 rings (SSSR count). The molecular formula is C43H34ClN3O5. The van der Waals surface area contributed by atoms with Gasteiger partial charge in [0.05, 0.1) is 34.5 Å². The van der Waals surface area contributed by atoms with Crippen molar-refractivity contribution >= 4 is 57.4 Å². The van der Waals surface area contributed by atoms with E-state index in [9.17, 15) is 19.5 Å². The van der Waals surface area contributed by atoms with E-state index < -0.39 is 46.8 Å². The van der Waals surface area contributed by atoms with E-state index in [0.29, 0.717) is 33.8 Å². The van der Waals surface area contributed by atoms with Crippen LogP contribution >= 0.6 is 11.6 Å². The Kier molecular flexibility index (Phi) is 7.38. The Morgan fingerprint density at radius 1 is 0.750 bits per heavy atom. The van der Waals surface area contributed by atoms with E-state index in [2.05, 4.69) is 5.43 Å². The third kappa shape index (κ3) is 4.53. The Morgan fingerprint density at radius 3 is 2.17 bits per heavy atom. The van der Waals surface area contributed by atoms with Crippen LogP contribution in [0.1, 0.15) is 35.4 Å². The molecule has 3 fully saturated rings. The lowest BCUT2D eigenvalue weighted by Crippen LogP contribution is -2.53. The predicted molar refractivity (Wildman–Crippen MR) is 198 cm³/mol. The molecule has 9 heteroatoms. The van der Waals surface area contributed by atoms with Crippen LogP contribution in [0.15, 0.2) is 127 Å². The molecule has 2 saturated heterocycles. The van der Waals surface area contributed by atoms with Gasteiger partial charge in [0.25, 0.3) is 11.8 Å². The van der Waals surface area contributed by atoms with Gasteiger partial charge in [0.15, 0.2) is 0 Å². The van der Waals surface area contributed by atoms with Gasteiger partial charge in [-0.3, -0.25) is 29.5 Å². The smallest absolute Gasteiger partial charge is 0.260 e. The van der Waals surface area contributed by atoms with E-state index >= 15 is 4.79 Å². The number of hydrazine groups is 1. The first-order valence-electron chi connectivity index (χ1n) is 17.5. The number of amides is 4. The summed E-state index contributed by atoms with van der Waals surface area (Å²) in [5, 5.41) is 14.0. The highest BCUT2D eigenvalue weighted by Crippen LogP contribution is 2.65. The molecule has 0 unspecified atom stereocenters. The minimum Gasteiger partial charge on any atom is -0.507 e. The number of nitrogens with zero attached hydrogens (tertiary/aromatic N) is 2. The number of carbonyl (C=O) groups is 4. The maximum atomic E-state index is 15.4. The van der Waals surface area contributed by atoms with Crippen molar-refractivity contribution in [2.24, 2.45) is 23.7 Å². The summed E-state index contributed by atoms with van der Waals surface area (Å²) in [6.45, 7) is 1.97. The number of hydrogen-bond acceptors (Lipinski definition) is 6. The summed E-state index contributed by atoms with van der Waals surface area (Å²) >= 11 is 6.16. The summed E-state index contributed by atoms with van der Waals surface area (Å²) < 4.78 is 0. The second-order valence-electron chi connectivity index (χ2n) is 14.3. The largest absolute Gasteiger partial charge is 0.507 e. The maximum Gasteiger partial charge on any atom is 0.260 e. The van der Waals surface area contributed by atoms with E-state index in [1.54, 1.807) is 30.3 Å². The van der Waals surface area contributed by atoms with Crippen LogP contribution in [0.25, 0.3) is 10.8 Å². The fourth-order valence-corrected chi connectivity index (χ4v) is 9.62. The van der Waals surface area contributed by atoms with Gasteiger partial charge in [-0.25, -0.2) is 0 Å². The summed E-state index contributed by atoms with van der Waals surface area (Å²) in [6, 6.07) is 34.6. The molecule has 4 amide bonds. The van der Waals surface area contributed by atoms with Gasteiger partial charge >= 0.3 is 0 Å². The summed E-state index contributed by atoms with van der Waals surface area (Å²) in [4.78, 5) is 60.2. The summed E-state index contributed by atoms with van der Waals surface area (Å²) in [5.74, 6) is -4.74. The number of imide groups is 2. The molecule has 52 heavy (non-hydrogen) atoms. The number of carbonyl (C=O) groups excluding carboxylic acids is 4. The number of benzene rings is 5. The highest BCUT2D eigenvalue weighted by Gasteiger charge is 2.70. The van der Waals surface area contributed by atoms with Gasteiger partial charge in [-0.05, 0) is 84.7 Å². The Morgan fingerprint density at radius 2 is 1.44 bits per heavy atom. The molecule has 0 bridgehead atoms. The van der Waals surface area contributed by atoms with Crippen molar-refractivity contribution in [3.63, 3.8) is 0 Å². The molecule has 2 heterocycles. The molecule has 258 valence electrons. The topological polar surface area (TPSA) is 107 Å². The molecule has 2 aliphatic heterocycles. The van der Waals surface area contributed by atoms with E-state index in [0.717, 1.165) is 27.1 Å². The van der Waals surface area contributed by atoms with Crippen LogP contribution in [-0.2, 0) is 24.6 Å². The summed E-state index contributed by atoms with van der Waals surface area (Å²) in [5.41, 5.74) is 6.12. The first kappa shape index (κ1) is 32.2. The molecule has 8 nitrogen and oxygen atoms in total. The first-order valence-corrected chi connectivity index (χ1v) is 17.9. The number of allylic oxidation sites excluding steroid dienone is 2. The second kappa shape index (κ2) is 11.9. The molecule has 0 spiro atoms. The second-order valence-corrected chi connectivity index (χ2v) is 14.7. The van der Waals surface area contributed by atoms with Gasteiger partial charge < -0.3 is 5.11 Å². The lowest BCUT2D eigenvalue weighted by Gasteiger charge is -2.51. The van der Waals surface area contributed by atoms with Crippen LogP contribution in [0.5, 0.6) is 5.75 Å². The Balaban J connectivity index is 1.27. The zero-order chi connectivity index (χ0) is 35.9. The highest BCUT2D eigenvalue weighted by atomic mass is 35.5. The monoisotopic (exact) mass is 707 g/mol. The van der Waals surface area contributed by atoms with Crippen molar-refractivity contribution in [2.45, 2.75) is 31.1 Å². The molecule has 5 aromatic rings. The van der Waals surface area contributed by atoms with Crippen LogP contribution in [0.4, 0.5) is 11.4 Å². The van der Waals surface area contributed by atoms with Crippen molar-refractivity contribution in [1.29, 1.82) is 0 Å². The fourth-order valence-electron chi connectivity index (χ4n) is 9.49. The van der Waals surface area contributed by atoms with Gasteiger partial charge in [0.2, 0.25) is 11.8 Å². The molecule has 1 saturated carbocycles. The zero-order valence-electron chi connectivity index (χ0n) is 28.2. The number of nitrogens with one attached hydrogen (secondary N) is 1. The van der Waals surface area contributed by atoms with Gasteiger partial charge in [-0.15, -0.1) is 0 Å². The molecule has 2 aliphatic carbocycles. The lowest BCUT2D eigenvalue weighted by molar-refractivity contribution is -0.138. The van der Waals surface area contributed by atoms with Crippen LogP contribution < -0.4 is 10.3 Å². The Labute approximate surface area is 305 Å². The van der Waals surface area contributed by atoms with Crippen molar-refractivity contribution in [3.8, 4) is 5.75 Å². The van der Waals surface area contributed by atoms with Crippen LogP contribution in [0, 0.1) is 30.6 Å². The molecule has 0 radical (unpaired) electrons. The number of anilines is 2. The van der Waals surface area contributed by atoms with Gasteiger partial charge in [-0.1, -0.05) is 102 Å². The molecule has 2 N–H and O–H groups in total. The third-order valence-electron chi connectivity index (χ3n) is 11.7. The molecular weight excluding hydrogens is 674 g/mol. The maximum absolute atomic E-state index is 15.4. The quantitative estimate of drug-likeness (QED) is 0.143. The van der Waals surface area contributed by atoms with Crippen molar-refractivity contribution in [3.05, 3.63) is 149 Å². The number of rotatable bonds is 5. The van der Waals surface area contributed by atoms with Gasteiger partial charge in [0.1, 0.15) is 5.75 Å². The number of hydrogen-bond donors (Lipinski definition) is 2. The SMILES string of the molecule is Cc1ccc(NN2C(=O)[C@@H]3C[C@@H]4C(=CC[C@@H]5C(=O)N(c6ccc(Cl)cc6)C(=O)[C@@H]54)[C@H](c4ccc(O)c5ccccc45)[C@]3(c3ccccc3)C2=O)cc1. The fraction of sp³-hybridized carbons (Fsp3) is 0.209. The lowest BCUT2D eigenvalue weighted by atomic mass is 9.49. The van der Waals surface area contributed by atoms with Crippen LogP contribution in [-0.4, -0.2) is 33.7 Å². The molecule has 0 aromatic heterocycles. The number of aryl methyl sites for hydroxylation is 1. The van der Waals surface area contributed by atoms with E-state index in [-0.39, 0.29) is 24.0 Å². The minimum absolute atomic E-state index is 0.0985. The molecule has 4 aliphatic rings. The molecule has 5 aromatic carbocycles. The highest BCUT2D eigenvalue weighted by molar-refractivity contribution is 6.31. The minimum atomic E-state index is -1.41. The summed E-state index contributed by atoms with van der Waals surface area (Å²) in [6.07, 6.45) is 2.54. The van der Waals surface area contributed by atoms with E-state index in [1.807, 2.05) is 97.9 Å². The summed E-state index contributed by atoms with van der Waals surface area (Å²) in [7, 11) is 0. The van der Waals surface area contributed by atoms with Gasteiger partial charge in [0, 0.05) is 16.3 Å². The van der Waals surface area contributed by atoms with Gasteiger partial charge in [-0.2, -0.15) is 5.01 Å². The van der Waals surface area contributed by atoms with Crippen molar-refractivity contribution in [2.75, 3.05) is 10.3 Å². The van der Waals surface area contributed by atoms with E-state index in [4.69, 9.17) is 11.6 Å². The Hall–Kier alpha value is -5.73. The third-order valence-corrected chi connectivity index (χ3v) is 12.0. The standard InChI is InChI=1S/C43H34ClN3O5/c1-24-11-15-27(16-12-24)45-47-40(50)35-23-34-32(19-20-33-37(34)41(51)46(39(33)49)28-17-13-26(44)14-18-28)38(43(35,42(47)52)25-7-3-2-4-8-25)31-21-22-36(48)30-10-6-5-9-29(30)31/h2-19,21-22,33-35,37-38,45,48H,20,23H2,1H3/t33-,34+,35-,37-,38-,43+/m0/s1. The zero-order valence-corrected chi connectivity index (χ0v) is 29.0. The Bertz CT molecular complexity index is 2340. The average molecular weight is 708 g/mol. The average Bonchev–Trinajstić information content (AvgIpc) is 3.54.